The zero-order valence-corrected chi connectivity index (χ0v) is 18.1. The summed E-state index contributed by atoms with van der Waals surface area (Å²) in [5.74, 6) is -1.07. The van der Waals surface area contributed by atoms with Gasteiger partial charge < -0.3 is 19.5 Å². The van der Waals surface area contributed by atoms with Crippen LogP contribution in [0.3, 0.4) is 0 Å². The van der Waals surface area contributed by atoms with Gasteiger partial charge in [0.25, 0.3) is 11.7 Å². The van der Waals surface area contributed by atoms with Gasteiger partial charge in [0.1, 0.15) is 17.3 Å². The van der Waals surface area contributed by atoms with E-state index in [0.717, 1.165) is 25.7 Å². The van der Waals surface area contributed by atoms with Gasteiger partial charge in [-0.05, 0) is 36.6 Å². The number of Topliss-reactive ketones (excluding diaryl/α,β-unsaturated/α-hetero) is 1. The number of carbonyl (C=O) groups is 2. The minimum atomic E-state index is -0.720. The first-order valence-corrected chi connectivity index (χ1v) is 10.5. The molecule has 0 radical (unpaired) electrons. The topological polar surface area (TPSA) is 89.0 Å². The van der Waals surface area contributed by atoms with Gasteiger partial charge in [-0.2, -0.15) is 0 Å². The number of ether oxygens (including phenoxy) is 2. The van der Waals surface area contributed by atoms with Crippen molar-refractivity contribution >= 4 is 29.1 Å². The fourth-order valence-electron chi connectivity index (χ4n) is 4.47. The fraction of sp³-hybridized carbons (Fsp3) is 0.348. The van der Waals surface area contributed by atoms with Crippen LogP contribution in [0.25, 0.3) is 5.76 Å². The van der Waals surface area contributed by atoms with Crippen molar-refractivity contribution in [2.24, 2.45) is 0 Å². The Morgan fingerprint density at radius 2 is 1.74 bits per heavy atom. The Labute approximate surface area is 185 Å². The van der Waals surface area contributed by atoms with Crippen LogP contribution in [0.1, 0.15) is 42.9 Å². The Kier molecular flexibility index (Phi) is 5.87. The molecule has 2 fully saturated rings. The monoisotopic (exact) mass is 442 g/mol. The van der Waals surface area contributed by atoms with Gasteiger partial charge in [-0.15, -0.1) is 0 Å². The number of likely N-dealkylation sites (tertiary alicyclic amines) is 1. The maximum absolute atomic E-state index is 13.2. The van der Waals surface area contributed by atoms with Crippen molar-refractivity contribution in [3.05, 3.63) is 58.4 Å². The predicted molar refractivity (Wildman–Crippen MR) is 115 cm³/mol. The average Bonchev–Trinajstić information content (AvgIpc) is 3.40. The van der Waals surface area contributed by atoms with Crippen LogP contribution in [0.2, 0.25) is 5.02 Å². The highest BCUT2D eigenvalue weighted by Crippen LogP contribution is 2.45. The zero-order chi connectivity index (χ0) is 22.1. The molecule has 2 aliphatic rings. The molecule has 1 N–H and O–H groups in total. The molecule has 0 bridgehead atoms. The van der Waals surface area contributed by atoms with E-state index in [0.29, 0.717) is 16.3 Å². The molecule has 1 amide bonds. The van der Waals surface area contributed by atoms with Gasteiger partial charge in [0, 0.05) is 24.5 Å². The van der Waals surface area contributed by atoms with E-state index in [2.05, 4.69) is 4.98 Å². The molecule has 0 spiro atoms. The van der Waals surface area contributed by atoms with Crippen molar-refractivity contribution in [1.82, 2.24) is 9.88 Å². The van der Waals surface area contributed by atoms with Crippen LogP contribution in [0.4, 0.5) is 0 Å². The first kappa shape index (κ1) is 21.2. The van der Waals surface area contributed by atoms with E-state index in [9.17, 15) is 14.7 Å². The molecular formula is C23H23ClN2O5. The largest absolute Gasteiger partial charge is 0.507 e. The molecule has 1 atom stereocenters. The van der Waals surface area contributed by atoms with Crippen LogP contribution in [-0.4, -0.2) is 46.9 Å². The number of nitrogens with zero attached hydrogens (tertiary/aromatic N) is 2. The molecule has 1 aromatic heterocycles. The summed E-state index contributed by atoms with van der Waals surface area (Å²) in [5, 5.41) is 11.6. The van der Waals surface area contributed by atoms with E-state index in [1.807, 2.05) is 0 Å². The summed E-state index contributed by atoms with van der Waals surface area (Å²) in [4.78, 5) is 31.9. The van der Waals surface area contributed by atoms with Crippen molar-refractivity contribution < 1.29 is 24.2 Å². The van der Waals surface area contributed by atoms with E-state index >= 15 is 0 Å². The van der Waals surface area contributed by atoms with Crippen LogP contribution in [-0.2, 0) is 9.59 Å². The molecule has 31 heavy (non-hydrogen) atoms. The summed E-state index contributed by atoms with van der Waals surface area (Å²) >= 11 is 6.19. The number of aliphatic hydroxyl groups is 1. The van der Waals surface area contributed by atoms with E-state index in [-0.39, 0.29) is 28.7 Å². The summed E-state index contributed by atoms with van der Waals surface area (Å²) in [5.41, 5.74) is 0.959. The third-order valence-corrected chi connectivity index (χ3v) is 6.24. The van der Waals surface area contributed by atoms with Crippen molar-refractivity contribution in [3.63, 3.8) is 0 Å². The van der Waals surface area contributed by atoms with Crippen molar-refractivity contribution in [3.8, 4) is 11.5 Å². The second kappa shape index (κ2) is 8.59. The SMILES string of the molecule is COc1cc(/C(O)=C2\C(=O)C(=O)N(C3CCCC3)C2c2ccncc2)c(OC)cc1Cl. The van der Waals surface area contributed by atoms with Gasteiger partial charge in [0.05, 0.1) is 36.4 Å². The molecule has 1 saturated heterocycles. The molecule has 4 rings (SSSR count). The highest BCUT2D eigenvalue weighted by molar-refractivity contribution is 6.46. The molecule has 7 nitrogen and oxygen atoms in total. The molecule has 8 heteroatoms. The number of halogens is 1. The minimum absolute atomic E-state index is 0.0192. The van der Waals surface area contributed by atoms with Crippen LogP contribution in [0.5, 0.6) is 11.5 Å². The van der Waals surface area contributed by atoms with E-state index < -0.39 is 17.7 Å². The van der Waals surface area contributed by atoms with Crippen molar-refractivity contribution in [2.45, 2.75) is 37.8 Å². The number of carbonyl (C=O) groups excluding carboxylic acids is 2. The van der Waals surface area contributed by atoms with E-state index in [1.54, 1.807) is 29.4 Å². The third kappa shape index (κ3) is 3.63. The van der Waals surface area contributed by atoms with Crippen molar-refractivity contribution in [1.29, 1.82) is 0 Å². The Morgan fingerprint density at radius 1 is 1.10 bits per heavy atom. The number of benzene rings is 1. The number of aliphatic hydroxyl groups excluding tert-OH is 1. The van der Waals surface area contributed by atoms with Crippen LogP contribution in [0.15, 0.2) is 42.2 Å². The van der Waals surface area contributed by atoms with Crippen LogP contribution in [0, 0.1) is 0 Å². The summed E-state index contributed by atoms with van der Waals surface area (Å²) in [7, 11) is 2.89. The second-order valence-electron chi connectivity index (χ2n) is 7.61. The number of amides is 1. The highest BCUT2D eigenvalue weighted by Gasteiger charge is 2.49. The molecule has 2 heterocycles. The summed E-state index contributed by atoms with van der Waals surface area (Å²) < 4.78 is 10.7. The Balaban J connectivity index is 1.93. The average molecular weight is 443 g/mol. The van der Waals surface area contributed by atoms with Gasteiger partial charge in [-0.25, -0.2) is 0 Å². The van der Waals surface area contributed by atoms with Gasteiger partial charge in [-0.3, -0.25) is 14.6 Å². The standard InChI is InChI=1S/C23H23ClN2O5/c1-30-17-12-16(24)18(31-2)11-15(17)21(27)19-20(13-7-9-25-10-8-13)26(23(29)22(19)28)14-5-3-4-6-14/h7-12,14,20,27H,3-6H2,1-2H3/b21-19+. The summed E-state index contributed by atoms with van der Waals surface area (Å²) in [6.45, 7) is 0. The second-order valence-corrected chi connectivity index (χ2v) is 8.02. The molecule has 1 aliphatic heterocycles. The number of methoxy groups -OCH3 is 2. The number of aromatic nitrogens is 1. The molecule has 1 aliphatic carbocycles. The summed E-state index contributed by atoms with van der Waals surface area (Å²) in [6.07, 6.45) is 6.86. The Bertz CT molecular complexity index is 1050. The zero-order valence-electron chi connectivity index (χ0n) is 17.3. The number of ketones is 1. The van der Waals surface area contributed by atoms with Crippen LogP contribution < -0.4 is 9.47 Å². The number of hydrogen-bond acceptors (Lipinski definition) is 6. The lowest BCUT2D eigenvalue weighted by molar-refractivity contribution is -0.141. The van der Waals surface area contributed by atoms with E-state index in [4.69, 9.17) is 21.1 Å². The Hall–Kier alpha value is -3.06. The fourth-order valence-corrected chi connectivity index (χ4v) is 4.70. The highest BCUT2D eigenvalue weighted by atomic mass is 35.5. The van der Waals surface area contributed by atoms with Crippen LogP contribution >= 0.6 is 11.6 Å². The maximum Gasteiger partial charge on any atom is 0.295 e. The minimum Gasteiger partial charge on any atom is -0.507 e. The predicted octanol–water partition coefficient (Wildman–Crippen LogP) is 4.12. The normalized spacial score (nSPS) is 21.0. The first-order valence-electron chi connectivity index (χ1n) is 10.1. The molecule has 162 valence electrons. The first-order chi connectivity index (χ1) is 15.0. The van der Waals surface area contributed by atoms with E-state index in [1.165, 1.54) is 26.4 Å². The van der Waals surface area contributed by atoms with Gasteiger partial charge in [0.15, 0.2) is 0 Å². The van der Waals surface area contributed by atoms with Gasteiger partial charge in [0.2, 0.25) is 0 Å². The van der Waals surface area contributed by atoms with Gasteiger partial charge in [-0.1, -0.05) is 24.4 Å². The molecular weight excluding hydrogens is 420 g/mol. The number of hydrogen-bond donors (Lipinski definition) is 1. The van der Waals surface area contributed by atoms with Crippen molar-refractivity contribution in [2.75, 3.05) is 14.2 Å². The summed E-state index contributed by atoms with van der Waals surface area (Å²) in [6, 6.07) is 5.75. The lowest BCUT2D eigenvalue weighted by Crippen LogP contribution is -2.37. The maximum atomic E-state index is 13.2. The Morgan fingerprint density at radius 3 is 2.35 bits per heavy atom. The lowest BCUT2D eigenvalue weighted by atomic mass is 9.95. The molecule has 1 aromatic carbocycles. The quantitative estimate of drug-likeness (QED) is 0.425. The van der Waals surface area contributed by atoms with Gasteiger partial charge >= 0.3 is 0 Å². The lowest BCUT2D eigenvalue weighted by Gasteiger charge is -2.30. The number of pyridine rings is 1. The molecule has 2 aromatic rings. The number of rotatable bonds is 5. The molecule has 1 unspecified atom stereocenters. The third-order valence-electron chi connectivity index (χ3n) is 5.95. The molecule has 1 saturated carbocycles. The smallest absolute Gasteiger partial charge is 0.295 e.